The van der Waals surface area contributed by atoms with Gasteiger partial charge in [-0.2, -0.15) is 0 Å². The fourth-order valence-electron chi connectivity index (χ4n) is 1.92. The van der Waals surface area contributed by atoms with Crippen LogP contribution in [-0.2, 0) is 11.3 Å². The summed E-state index contributed by atoms with van der Waals surface area (Å²) in [5.41, 5.74) is 1.05. The second-order valence-corrected chi connectivity index (χ2v) is 4.85. The molecule has 0 heterocycles. The van der Waals surface area contributed by atoms with Crippen LogP contribution in [0.25, 0.3) is 6.08 Å². The zero-order valence-electron chi connectivity index (χ0n) is 12.5. The first-order valence-electron chi connectivity index (χ1n) is 7.25. The zero-order valence-corrected chi connectivity index (χ0v) is 12.5. The normalized spacial score (nSPS) is 10.7. The van der Waals surface area contributed by atoms with Crippen molar-refractivity contribution in [2.75, 3.05) is 6.54 Å². The van der Waals surface area contributed by atoms with E-state index in [9.17, 15) is 14.3 Å². The Kier molecular flexibility index (Phi) is 6.17. The molecule has 0 atom stereocenters. The molecule has 0 fully saturated rings. The average molecular weight is 315 g/mol. The van der Waals surface area contributed by atoms with E-state index in [-0.39, 0.29) is 17.9 Å². The SMILES string of the molecule is O=C(NCCC=Cc1c(O)cccc1F)OCc1ccccc1. The molecule has 0 radical (unpaired) electrons. The van der Waals surface area contributed by atoms with Crippen molar-refractivity contribution in [3.05, 3.63) is 71.6 Å². The molecule has 1 amide bonds. The van der Waals surface area contributed by atoms with Gasteiger partial charge in [-0.1, -0.05) is 48.6 Å². The number of phenolic OH excluding ortho intramolecular Hbond substituents is 1. The van der Waals surface area contributed by atoms with Gasteiger partial charge in [-0.15, -0.1) is 0 Å². The van der Waals surface area contributed by atoms with Gasteiger partial charge in [0.25, 0.3) is 0 Å². The van der Waals surface area contributed by atoms with Crippen molar-refractivity contribution in [2.24, 2.45) is 0 Å². The van der Waals surface area contributed by atoms with Gasteiger partial charge in [0.05, 0.1) is 5.56 Å². The fraction of sp³-hybridized carbons (Fsp3) is 0.167. The Morgan fingerprint density at radius 3 is 2.70 bits per heavy atom. The Hall–Kier alpha value is -2.82. The van der Waals surface area contributed by atoms with E-state index in [1.165, 1.54) is 24.3 Å². The highest BCUT2D eigenvalue weighted by Gasteiger charge is 2.03. The maximum Gasteiger partial charge on any atom is 0.407 e. The van der Waals surface area contributed by atoms with Crippen LogP contribution in [0.4, 0.5) is 9.18 Å². The number of phenols is 1. The molecule has 0 spiro atoms. The predicted octanol–water partition coefficient (Wildman–Crippen LogP) is 3.86. The van der Waals surface area contributed by atoms with E-state index in [0.717, 1.165) is 5.56 Å². The molecule has 120 valence electrons. The molecule has 0 aliphatic carbocycles. The number of aromatic hydroxyl groups is 1. The summed E-state index contributed by atoms with van der Waals surface area (Å²) in [6, 6.07) is 13.5. The Morgan fingerprint density at radius 1 is 1.17 bits per heavy atom. The van der Waals surface area contributed by atoms with Crippen molar-refractivity contribution in [2.45, 2.75) is 13.0 Å². The van der Waals surface area contributed by atoms with Crippen molar-refractivity contribution < 1.29 is 19.0 Å². The summed E-state index contributed by atoms with van der Waals surface area (Å²) in [5, 5.41) is 12.1. The van der Waals surface area contributed by atoms with Gasteiger partial charge in [0, 0.05) is 6.54 Å². The van der Waals surface area contributed by atoms with Gasteiger partial charge < -0.3 is 15.2 Å². The highest BCUT2D eigenvalue weighted by atomic mass is 19.1. The quantitative estimate of drug-likeness (QED) is 0.796. The minimum absolute atomic E-state index is 0.114. The van der Waals surface area contributed by atoms with Gasteiger partial charge in [-0.05, 0) is 24.1 Å². The number of ether oxygens (including phenoxy) is 1. The number of carbonyl (C=O) groups excluding carboxylic acids is 1. The molecule has 0 saturated carbocycles. The van der Waals surface area contributed by atoms with Crippen LogP contribution in [0.5, 0.6) is 5.75 Å². The molecule has 2 aromatic carbocycles. The molecule has 0 aliphatic rings. The summed E-state index contributed by atoms with van der Waals surface area (Å²) in [6.45, 7) is 0.574. The number of carbonyl (C=O) groups is 1. The third-order valence-electron chi connectivity index (χ3n) is 3.11. The van der Waals surface area contributed by atoms with Crippen LogP contribution in [0, 0.1) is 5.82 Å². The molecular weight excluding hydrogens is 297 g/mol. The van der Waals surface area contributed by atoms with Crippen LogP contribution in [-0.4, -0.2) is 17.7 Å². The largest absolute Gasteiger partial charge is 0.507 e. The van der Waals surface area contributed by atoms with Gasteiger partial charge in [-0.25, -0.2) is 9.18 Å². The summed E-state index contributed by atoms with van der Waals surface area (Å²) < 4.78 is 18.5. The lowest BCUT2D eigenvalue weighted by molar-refractivity contribution is 0.140. The van der Waals surface area contributed by atoms with Gasteiger partial charge >= 0.3 is 6.09 Å². The maximum absolute atomic E-state index is 13.4. The first-order chi connectivity index (χ1) is 11.2. The molecule has 0 aliphatic heterocycles. The van der Waals surface area contributed by atoms with Gasteiger partial charge in [0.2, 0.25) is 0 Å². The standard InChI is InChI=1S/C18H18FNO3/c19-16-10-6-11-17(21)15(16)9-4-5-12-20-18(22)23-13-14-7-2-1-3-8-14/h1-4,6-11,21H,5,12-13H2,(H,20,22). The lowest BCUT2D eigenvalue weighted by Crippen LogP contribution is -2.24. The van der Waals surface area contributed by atoms with Gasteiger partial charge in [0.1, 0.15) is 18.2 Å². The average Bonchev–Trinajstić information content (AvgIpc) is 2.56. The summed E-state index contributed by atoms with van der Waals surface area (Å²) in [6.07, 6.45) is 3.15. The number of amides is 1. The molecule has 0 aromatic heterocycles. The van der Waals surface area contributed by atoms with E-state index >= 15 is 0 Å². The molecule has 2 N–H and O–H groups in total. The van der Waals surface area contributed by atoms with E-state index in [4.69, 9.17) is 4.74 Å². The highest BCUT2D eigenvalue weighted by Crippen LogP contribution is 2.21. The molecular formula is C18H18FNO3. The number of hydrogen-bond donors (Lipinski definition) is 2. The van der Waals surface area contributed by atoms with Crippen LogP contribution < -0.4 is 5.32 Å². The third-order valence-corrected chi connectivity index (χ3v) is 3.11. The summed E-state index contributed by atoms with van der Waals surface area (Å²) in [5.74, 6) is -0.604. The molecule has 23 heavy (non-hydrogen) atoms. The summed E-state index contributed by atoms with van der Waals surface area (Å²) in [4.78, 5) is 11.5. The smallest absolute Gasteiger partial charge is 0.407 e. The van der Waals surface area contributed by atoms with E-state index in [2.05, 4.69) is 5.32 Å². The number of benzene rings is 2. The highest BCUT2D eigenvalue weighted by molar-refractivity contribution is 5.67. The van der Waals surface area contributed by atoms with Crippen LogP contribution >= 0.6 is 0 Å². The Morgan fingerprint density at radius 2 is 1.96 bits per heavy atom. The second-order valence-electron chi connectivity index (χ2n) is 4.85. The minimum atomic E-state index is -0.504. The summed E-state index contributed by atoms with van der Waals surface area (Å²) >= 11 is 0. The molecule has 0 saturated heterocycles. The maximum atomic E-state index is 13.4. The Balaban J connectivity index is 1.69. The predicted molar refractivity (Wildman–Crippen MR) is 86.3 cm³/mol. The fourth-order valence-corrected chi connectivity index (χ4v) is 1.92. The van der Waals surface area contributed by atoms with E-state index in [1.54, 1.807) is 6.08 Å². The van der Waals surface area contributed by atoms with Crippen molar-refractivity contribution in [1.82, 2.24) is 5.32 Å². The number of halogens is 1. The topological polar surface area (TPSA) is 58.6 Å². The lowest BCUT2D eigenvalue weighted by atomic mass is 10.1. The van der Waals surface area contributed by atoms with Crippen molar-refractivity contribution in [3.8, 4) is 5.75 Å². The molecule has 0 bridgehead atoms. The van der Waals surface area contributed by atoms with Crippen LogP contribution in [0.3, 0.4) is 0 Å². The third kappa shape index (κ3) is 5.47. The molecule has 2 aromatic rings. The molecule has 2 rings (SSSR count). The van der Waals surface area contributed by atoms with E-state index in [0.29, 0.717) is 13.0 Å². The second kappa shape index (κ2) is 8.58. The number of nitrogens with one attached hydrogen (secondary N) is 1. The van der Waals surface area contributed by atoms with Crippen LogP contribution in [0.1, 0.15) is 17.5 Å². The Labute approximate surface area is 134 Å². The summed E-state index contributed by atoms with van der Waals surface area (Å²) in [7, 11) is 0. The number of hydrogen-bond acceptors (Lipinski definition) is 3. The first kappa shape index (κ1) is 16.5. The van der Waals surface area contributed by atoms with Gasteiger partial charge in [0.15, 0.2) is 0 Å². The van der Waals surface area contributed by atoms with Crippen LogP contribution in [0.15, 0.2) is 54.6 Å². The monoisotopic (exact) mass is 315 g/mol. The minimum Gasteiger partial charge on any atom is -0.507 e. The first-order valence-corrected chi connectivity index (χ1v) is 7.25. The zero-order chi connectivity index (χ0) is 16.5. The molecule has 4 nitrogen and oxygen atoms in total. The van der Waals surface area contributed by atoms with Crippen LogP contribution in [0.2, 0.25) is 0 Å². The van der Waals surface area contributed by atoms with E-state index in [1.807, 2.05) is 30.3 Å². The van der Waals surface area contributed by atoms with Crippen molar-refractivity contribution in [1.29, 1.82) is 0 Å². The molecule has 5 heteroatoms. The number of alkyl carbamates (subject to hydrolysis) is 1. The van der Waals surface area contributed by atoms with E-state index < -0.39 is 11.9 Å². The Bertz CT molecular complexity index is 651. The lowest BCUT2D eigenvalue weighted by Gasteiger charge is -2.06. The van der Waals surface area contributed by atoms with Crippen molar-refractivity contribution >= 4 is 12.2 Å². The van der Waals surface area contributed by atoms with Gasteiger partial charge in [-0.3, -0.25) is 0 Å². The van der Waals surface area contributed by atoms with Crippen molar-refractivity contribution in [3.63, 3.8) is 0 Å². The molecule has 0 unspecified atom stereocenters. The number of rotatable bonds is 6.